The number of amides is 2. The Balaban J connectivity index is 1.31. The van der Waals surface area contributed by atoms with Crippen molar-refractivity contribution in [1.82, 2.24) is 14.8 Å². The molecule has 0 saturated carbocycles. The topological polar surface area (TPSA) is 77.6 Å². The van der Waals surface area contributed by atoms with Crippen LogP contribution in [0.15, 0.2) is 72.9 Å². The van der Waals surface area contributed by atoms with Crippen LogP contribution in [0.2, 0.25) is 0 Å². The molecule has 0 aliphatic carbocycles. The van der Waals surface area contributed by atoms with Crippen molar-refractivity contribution in [3.8, 4) is 0 Å². The summed E-state index contributed by atoms with van der Waals surface area (Å²) < 4.78 is 0. The highest BCUT2D eigenvalue weighted by molar-refractivity contribution is 6.02. The minimum atomic E-state index is -0.134. The standard InChI is InChI=1S/C25H25N5O2/c31-22-17-27-24-21(28-22)15-20(16-26-24)25(32)30-13-11-29(12-14-30)23(18-7-3-1-4-8-18)19-9-5-2-6-10-19/h1-10,15-16,23H,11-14,17H2,(H,26,27)(H,28,31). The molecule has 162 valence electrons. The van der Waals surface area contributed by atoms with Gasteiger partial charge in [-0.1, -0.05) is 60.7 Å². The second-order valence-corrected chi connectivity index (χ2v) is 8.07. The van der Waals surface area contributed by atoms with Crippen molar-refractivity contribution in [2.75, 3.05) is 43.4 Å². The molecule has 0 atom stereocenters. The first-order valence-electron chi connectivity index (χ1n) is 10.9. The summed E-state index contributed by atoms with van der Waals surface area (Å²) in [7, 11) is 0. The maximum Gasteiger partial charge on any atom is 0.255 e. The average Bonchev–Trinajstić information content (AvgIpc) is 2.85. The molecular weight excluding hydrogens is 402 g/mol. The van der Waals surface area contributed by atoms with Gasteiger partial charge >= 0.3 is 0 Å². The zero-order chi connectivity index (χ0) is 21.9. The third-order valence-corrected chi connectivity index (χ3v) is 6.02. The van der Waals surface area contributed by atoms with Gasteiger partial charge in [-0.2, -0.15) is 0 Å². The zero-order valence-corrected chi connectivity index (χ0v) is 17.7. The Morgan fingerprint density at radius 1 is 0.906 bits per heavy atom. The molecule has 0 spiro atoms. The number of carbonyl (C=O) groups excluding carboxylic acids is 2. The van der Waals surface area contributed by atoms with Crippen molar-refractivity contribution in [2.45, 2.75) is 6.04 Å². The number of rotatable bonds is 4. The van der Waals surface area contributed by atoms with Gasteiger partial charge < -0.3 is 15.5 Å². The number of anilines is 2. The van der Waals surface area contributed by atoms with Gasteiger partial charge in [-0.25, -0.2) is 4.98 Å². The number of aromatic nitrogens is 1. The van der Waals surface area contributed by atoms with Crippen LogP contribution in [-0.4, -0.2) is 59.3 Å². The molecule has 2 N–H and O–H groups in total. The number of hydrogen-bond acceptors (Lipinski definition) is 5. The van der Waals surface area contributed by atoms with E-state index in [4.69, 9.17) is 0 Å². The maximum atomic E-state index is 13.1. The van der Waals surface area contributed by atoms with E-state index >= 15 is 0 Å². The van der Waals surface area contributed by atoms with Crippen LogP contribution in [0.5, 0.6) is 0 Å². The molecule has 2 amide bonds. The Morgan fingerprint density at radius 2 is 1.53 bits per heavy atom. The molecule has 2 aliphatic heterocycles. The van der Waals surface area contributed by atoms with Crippen molar-refractivity contribution in [3.05, 3.63) is 89.6 Å². The molecule has 1 fully saturated rings. The average molecular weight is 428 g/mol. The lowest BCUT2D eigenvalue weighted by molar-refractivity contribution is -0.114. The van der Waals surface area contributed by atoms with Gasteiger partial charge in [0, 0.05) is 32.4 Å². The molecule has 5 rings (SSSR count). The summed E-state index contributed by atoms with van der Waals surface area (Å²) in [6, 6.07) is 22.9. The highest BCUT2D eigenvalue weighted by Crippen LogP contribution is 2.30. The van der Waals surface area contributed by atoms with Gasteiger partial charge in [-0.15, -0.1) is 0 Å². The van der Waals surface area contributed by atoms with Gasteiger partial charge in [0.05, 0.1) is 23.8 Å². The van der Waals surface area contributed by atoms with Crippen LogP contribution in [0, 0.1) is 0 Å². The first-order chi connectivity index (χ1) is 15.7. The fraction of sp³-hybridized carbons (Fsp3) is 0.240. The van der Waals surface area contributed by atoms with Crippen LogP contribution in [0.4, 0.5) is 11.5 Å². The van der Waals surface area contributed by atoms with Crippen molar-refractivity contribution in [3.63, 3.8) is 0 Å². The minimum absolute atomic E-state index is 0.0595. The number of pyridine rings is 1. The van der Waals surface area contributed by atoms with E-state index in [0.717, 1.165) is 13.1 Å². The summed E-state index contributed by atoms with van der Waals surface area (Å²) in [5.41, 5.74) is 3.55. The third kappa shape index (κ3) is 4.07. The molecule has 3 aromatic rings. The maximum absolute atomic E-state index is 13.1. The SMILES string of the molecule is O=C1CNc2ncc(C(=O)N3CCN(C(c4ccccc4)c4ccccc4)CC3)cc2N1. The molecule has 2 aromatic carbocycles. The second kappa shape index (κ2) is 8.80. The Morgan fingerprint density at radius 3 is 2.16 bits per heavy atom. The summed E-state index contributed by atoms with van der Waals surface area (Å²) >= 11 is 0. The molecule has 7 nitrogen and oxygen atoms in total. The van der Waals surface area contributed by atoms with E-state index in [1.54, 1.807) is 12.3 Å². The first-order valence-corrected chi connectivity index (χ1v) is 10.9. The smallest absolute Gasteiger partial charge is 0.255 e. The molecule has 0 unspecified atom stereocenters. The summed E-state index contributed by atoms with van der Waals surface area (Å²) in [4.78, 5) is 33.4. The van der Waals surface area contributed by atoms with Crippen LogP contribution < -0.4 is 10.6 Å². The highest BCUT2D eigenvalue weighted by atomic mass is 16.2. The van der Waals surface area contributed by atoms with Crippen molar-refractivity contribution >= 4 is 23.3 Å². The van der Waals surface area contributed by atoms with Gasteiger partial charge in [-0.3, -0.25) is 14.5 Å². The molecule has 1 aromatic heterocycles. The predicted molar refractivity (Wildman–Crippen MR) is 124 cm³/mol. The monoisotopic (exact) mass is 427 g/mol. The molecule has 1 saturated heterocycles. The van der Waals surface area contributed by atoms with E-state index in [1.165, 1.54) is 11.1 Å². The minimum Gasteiger partial charge on any atom is -0.359 e. The third-order valence-electron chi connectivity index (χ3n) is 6.02. The predicted octanol–water partition coefficient (Wildman–Crippen LogP) is 2.99. The largest absolute Gasteiger partial charge is 0.359 e. The second-order valence-electron chi connectivity index (χ2n) is 8.07. The Hall–Kier alpha value is -3.71. The van der Waals surface area contributed by atoms with Gasteiger partial charge in [0.2, 0.25) is 5.91 Å². The van der Waals surface area contributed by atoms with Crippen LogP contribution >= 0.6 is 0 Å². The van der Waals surface area contributed by atoms with E-state index in [0.29, 0.717) is 30.2 Å². The van der Waals surface area contributed by atoms with Gasteiger partial charge in [-0.05, 0) is 17.2 Å². The molecular formula is C25H25N5O2. The van der Waals surface area contributed by atoms with E-state index in [1.807, 2.05) is 17.0 Å². The van der Waals surface area contributed by atoms with Crippen molar-refractivity contribution < 1.29 is 9.59 Å². The van der Waals surface area contributed by atoms with Crippen molar-refractivity contribution in [1.29, 1.82) is 0 Å². The van der Waals surface area contributed by atoms with E-state index in [-0.39, 0.29) is 24.4 Å². The van der Waals surface area contributed by atoms with Crippen LogP contribution in [0.1, 0.15) is 27.5 Å². The lowest BCUT2D eigenvalue weighted by Gasteiger charge is -2.39. The zero-order valence-electron chi connectivity index (χ0n) is 17.7. The number of nitrogens with one attached hydrogen (secondary N) is 2. The van der Waals surface area contributed by atoms with Crippen LogP contribution in [0.25, 0.3) is 0 Å². The summed E-state index contributed by atoms with van der Waals surface area (Å²) in [6.07, 6.45) is 1.58. The lowest BCUT2D eigenvalue weighted by atomic mass is 9.96. The normalized spacial score (nSPS) is 16.3. The molecule has 2 aliphatic rings. The summed E-state index contributed by atoms with van der Waals surface area (Å²) in [6.45, 7) is 3.01. The van der Waals surface area contributed by atoms with Gasteiger partial charge in [0.15, 0.2) is 0 Å². The van der Waals surface area contributed by atoms with E-state index in [2.05, 4.69) is 69.0 Å². The summed E-state index contributed by atoms with van der Waals surface area (Å²) in [5, 5.41) is 5.73. The Kier molecular flexibility index (Phi) is 5.56. The quantitative estimate of drug-likeness (QED) is 0.669. The number of piperazine rings is 1. The molecule has 3 heterocycles. The first kappa shape index (κ1) is 20.2. The Bertz CT molecular complexity index is 1070. The van der Waals surface area contributed by atoms with Gasteiger partial charge in [0.25, 0.3) is 5.91 Å². The molecule has 32 heavy (non-hydrogen) atoms. The number of carbonyl (C=O) groups is 2. The number of hydrogen-bond donors (Lipinski definition) is 2. The van der Waals surface area contributed by atoms with E-state index in [9.17, 15) is 9.59 Å². The molecule has 0 bridgehead atoms. The Labute approximate surface area is 187 Å². The van der Waals surface area contributed by atoms with E-state index < -0.39 is 0 Å². The fourth-order valence-corrected chi connectivity index (χ4v) is 4.43. The number of fused-ring (bicyclic) bond motifs is 1. The highest BCUT2D eigenvalue weighted by Gasteiger charge is 2.29. The number of nitrogens with zero attached hydrogens (tertiary/aromatic N) is 3. The molecule has 0 radical (unpaired) electrons. The lowest BCUT2D eigenvalue weighted by Crippen LogP contribution is -2.49. The molecule has 7 heteroatoms. The summed E-state index contributed by atoms with van der Waals surface area (Å²) in [5.74, 6) is 0.403. The fourth-order valence-electron chi connectivity index (χ4n) is 4.43. The number of benzene rings is 2. The van der Waals surface area contributed by atoms with Gasteiger partial charge in [0.1, 0.15) is 5.82 Å². The van der Waals surface area contributed by atoms with Crippen LogP contribution in [-0.2, 0) is 4.79 Å². The van der Waals surface area contributed by atoms with Crippen molar-refractivity contribution in [2.24, 2.45) is 0 Å². The van der Waals surface area contributed by atoms with Crippen LogP contribution in [0.3, 0.4) is 0 Å².